The highest BCUT2D eigenvalue weighted by Crippen LogP contribution is 2.28. The molecular formula is C15H24BrNOS. The number of halogens is 1. The van der Waals surface area contributed by atoms with E-state index in [1.165, 1.54) is 11.1 Å². The Balaban J connectivity index is 2.69. The second-order valence-corrected chi connectivity index (χ2v) is 6.48. The van der Waals surface area contributed by atoms with Gasteiger partial charge in [-0.2, -0.15) is 11.8 Å². The molecule has 1 aromatic rings. The fourth-order valence-corrected chi connectivity index (χ4v) is 2.94. The van der Waals surface area contributed by atoms with Gasteiger partial charge in [-0.05, 0) is 56.0 Å². The van der Waals surface area contributed by atoms with E-state index in [-0.39, 0.29) is 0 Å². The molecule has 0 saturated heterocycles. The van der Waals surface area contributed by atoms with E-state index >= 15 is 0 Å². The van der Waals surface area contributed by atoms with Crippen LogP contribution in [0.3, 0.4) is 0 Å². The molecule has 1 aromatic carbocycles. The quantitative estimate of drug-likeness (QED) is 0.670. The lowest BCUT2D eigenvalue weighted by Crippen LogP contribution is -2.15. The molecule has 0 saturated carbocycles. The number of hydrogen-bond donors (Lipinski definition) is 1. The minimum atomic E-state index is 0.796. The van der Waals surface area contributed by atoms with Crippen molar-refractivity contribution in [2.24, 2.45) is 0 Å². The van der Waals surface area contributed by atoms with Crippen molar-refractivity contribution in [3.05, 3.63) is 27.7 Å². The zero-order chi connectivity index (χ0) is 14.1. The van der Waals surface area contributed by atoms with Crippen LogP contribution in [0.5, 0.6) is 5.75 Å². The van der Waals surface area contributed by atoms with Gasteiger partial charge in [0.15, 0.2) is 0 Å². The van der Waals surface area contributed by atoms with Gasteiger partial charge in [-0.3, -0.25) is 0 Å². The number of hydrogen-bond acceptors (Lipinski definition) is 3. The third kappa shape index (κ3) is 6.19. The molecule has 0 atom stereocenters. The Bertz CT molecular complexity index is 385. The third-order valence-corrected chi connectivity index (χ3v) is 3.95. The fraction of sp³-hybridized carbons (Fsp3) is 0.600. The molecule has 0 spiro atoms. The maximum absolute atomic E-state index is 5.98. The molecule has 0 aliphatic heterocycles. The summed E-state index contributed by atoms with van der Waals surface area (Å²) in [4.78, 5) is 0. The number of nitrogens with one attached hydrogen (secondary N) is 1. The van der Waals surface area contributed by atoms with Crippen molar-refractivity contribution in [2.75, 3.05) is 25.2 Å². The Kier molecular flexibility index (Phi) is 8.58. The number of rotatable bonds is 9. The van der Waals surface area contributed by atoms with Gasteiger partial charge in [0.1, 0.15) is 5.75 Å². The SMILES string of the molecule is CCCNCc1cc(Br)cc(C)c1OCCCSC. The first-order valence-corrected chi connectivity index (χ1v) is 8.99. The summed E-state index contributed by atoms with van der Waals surface area (Å²) in [5, 5.41) is 3.44. The summed E-state index contributed by atoms with van der Waals surface area (Å²) in [7, 11) is 0. The van der Waals surface area contributed by atoms with Gasteiger partial charge in [-0.1, -0.05) is 22.9 Å². The molecule has 0 fully saturated rings. The molecule has 0 aliphatic carbocycles. The molecule has 0 amide bonds. The predicted molar refractivity (Wildman–Crippen MR) is 89.4 cm³/mol. The van der Waals surface area contributed by atoms with Crippen LogP contribution >= 0.6 is 27.7 Å². The number of thioether (sulfide) groups is 1. The van der Waals surface area contributed by atoms with E-state index in [2.05, 4.69) is 53.5 Å². The second-order valence-electron chi connectivity index (χ2n) is 4.58. The summed E-state index contributed by atoms with van der Waals surface area (Å²) in [6.45, 7) is 6.99. The molecule has 0 unspecified atom stereocenters. The van der Waals surface area contributed by atoms with Crippen molar-refractivity contribution in [1.82, 2.24) is 5.32 Å². The lowest BCUT2D eigenvalue weighted by Gasteiger charge is -2.15. The van der Waals surface area contributed by atoms with Crippen molar-refractivity contribution in [1.29, 1.82) is 0 Å². The zero-order valence-electron chi connectivity index (χ0n) is 12.1. The Morgan fingerprint density at radius 2 is 2.16 bits per heavy atom. The molecule has 1 N–H and O–H groups in total. The fourth-order valence-electron chi connectivity index (χ4n) is 1.91. The maximum atomic E-state index is 5.98. The standard InChI is InChI=1S/C15H24BrNOS/c1-4-6-17-11-13-10-14(16)9-12(2)15(13)18-7-5-8-19-3/h9-10,17H,4-8,11H2,1-3H3. The third-order valence-electron chi connectivity index (χ3n) is 2.80. The molecule has 2 nitrogen and oxygen atoms in total. The summed E-state index contributed by atoms with van der Waals surface area (Å²) < 4.78 is 7.10. The molecule has 4 heteroatoms. The lowest BCUT2D eigenvalue weighted by molar-refractivity contribution is 0.312. The van der Waals surface area contributed by atoms with E-state index in [0.717, 1.165) is 48.5 Å². The summed E-state index contributed by atoms with van der Waals surface area (Å²) in [5.41, 5.74) is 2.44. The van der Waals surface area contributed by atoms with E-state index in [1.807, 2.05) is 11.8 Å². The van der Waals surface area contributed by atoms with Crippen molar-refractivity contribution in [2.45, 2.75) is 33.2 Å². The van der Waals surface area contributed by atoms with Crippen molar-refractivity contribution in [3.8, 4) is 5.75 Å². The van der Waals surface area contributed by atoms with Gasteiger partial charge in [0.2, 0.25) is 0 Å². The first-order valence-electron chi connectivity index (χ1n) is 6.80. The smallest absolute Gasteiger partial charge is 0.126 e. The first-order chi connectivity index (χ1) is 9.19. The van der Waals surface area contributed by atoms with Crippen molar-refractivity contribution >= 4 is 27.7 Å². The monoisotopic (exact) mass is 345 g/mol. The highest BCUT2D eigenvalue weighted by Gasteiger charge is 2.08. The van der Waals surface area contributed by atoms with Crippen LogP contribution in [0.15, 0.2) is 16.6 Å². The minimum absolute atomic E-state index is 0.796. The van der Waals surface area contributed by atoms with Gasteiger partial charge in [-0.15, -0.1) is 0 Å². The molecule has 0 bridgehead atoms. The summed E-state index contributed by atoms with van der Waals surface area (Å²) in [5.74, 6) is 2.20. The molecule has 1 rings (SSSR count). The number of benzene rings is 1. The van der Waals surface area contributed by atoms with Gasteiger partial charge in [-0.25, -0.2) is 0 Å². The number of aryl methyl sites for hydroxylation is 1. The van der Waals surface area contributed by atoms with Crippen LogP contribution in [0.4, 0.5) is 0 Å². The molecular weight excluding hydrogens is 322 g/mol. The van der Waals surface area contributed by atoms with Crippen LogP contribution < -0.4 is 10.1 Å². The Morgan fingerprint density at radius 3 is 2.84 bits per heavy atom. The summed E-state index contributed by atoms with van der Waals surface area (Å²) >= 11 is 5.43. The zero-order valence-corrected chi connectivity index (χ0v) is 14.5. The normalized spacial score (nSPS) is 10.7. The average molecular weight is 346 g/mol. The van der Waals surface area contributed by atoms with Crippen LogP contribution in [0, 0.1) is 6.92 Å². The van der Waals surface area contributed by atoms with Gasteiger partial charge < -0.3 is 10.1 Å². The van der Waals surface area contributed by atoms with E-state index in [9.17, 15) is 0 Å². The van der Waals surface area contributed by atoms with Crippen molar-refractivity contribution in [3.63, 3.8) is 0 Å². The molecule has 0 aromatic heterocycles. The highest BCUT2D eigenvalue weighted by atomic mass is 79.9. The molecule has 0 radical (unpaired) electrons. The van der Waals surface area contributed by atoms with Gasteiger partial charge in [0, 0.05) is 16.6 Å². The molecule has 0 heterocycles. The van der Waals surface area contributed by atoms with Gasteiger partial charge >= 0.3 is 0 Å². The molecule has 0 aliphatic rings. The molecule has 108 valence electrons. The van der Waals surface area contributed by atoms with E-state index in [4.69, 9.17) is 4.74 Å². The average Bonchev–Trinajstić information content (AvgIpc) is 2.37. The molecule has 19 heavy (non-hydrogen) atoms. The van der Waals surface area contributed by atoms with Crippen LogP contribution in [0.2, 0.25) is 0 Å². The van der Waals surface area contributed by atoms with E-state index in [0.29, 0.717) is 0 Å². The minimum Gasteiger partial charge on any atom is -0.493 e. The first kappa shape index (κ1) is 16.9. The largest absolute Gasteiger partial charge is 0.493 e. The maximum Gasteiger partial charge on any atom is 0.126 e. The highest BCUT2D eigenvalue weighted by molar-refractivity contribution is 9.10. The van der Waals surface area contributed by atoms with Crippen molar-refractivity contribution < 1.29 is 4.74 Å². The lowest BCUT2D eigenvalue weighted by atomic mass is 10.1. The van der Waals surface area contributed by atoms with Crippen LogP contribution in [-0.2, 0) is 6.54 Å². The number of ether oxygens (including phenoxy) is 1. The Hall–Kier alpha value is -0.190. The van der Waals surface area contributed by atoms with Gasteiger partial charge in [0.05, 0.1) is 6.61 Å². The van der Waals surface area contributed by atoms with Gasteiger partial charge in [0.25, 0.3) is 0 Å². The topological polar surface area (TPSA) is 21.3 Å². The van der Waals surface area contributed by atoms with Crippen LogP contribution in [0.1, 0.15) is 30.9 Å². The second kappa shape index (κ2) is 9.67. The van der Waals surface area contributed by atoms with E-state index in [1.54, 1.807) is 0 Å². The summed E-state index contributed by atoms with van der Waals surface area (Å²) in [6, 6.07) is 4.27. The van der Waals surface area contributed by atoms with E-state index < -0.39 is 0 Å². The predicted octanol–water partition coefficient (Wildman–Crippen LogP) is 4.39. The Labute approximate surface area is 129 Å². The summed E-state index contributed by atoms with van der Waals surface area (Å²) in [6.07, 6.45) is 4.38. The Morgan fingerprint density at radius 1 is 1.37 bits per heavy atom. The van der Waals surface area contributed by atoms with Crippen LogP contribution in [0.25, 0.3) is 0 Å². The van der Waals surface area contributed by atoms with Crippen LogP contribution in [-0.4, -0.2) is 25.2 Å².